The monoisotopic (exact) mass is 332 g/mol. The third-order valence-corrected chi connectivity index (χ3v) is 4.28. The molecule has 8 nitrogen and oxygen atoms in total. The number of hydrogen-bond donors (Lipinski definition) is 4. The van der Waals surface area contributed by atoms with E-state index in [1.54, 1.807) is 6.92 Å². The lowest BCUT2D eigenvalue weighted by molar-refractivity contribution is -0.221. The van der Waals surface area contributed by atoms with Gasteiger partial charge in [-0.05, 0) is 25.8 Å². The van der Waals surface area contributed by atoms with Gasteiger partial charge < -0.3 is 34.6 Å². The first-order valence-electron chi connectivity index (χ1n) is 7.74. The fraction of sp³-hybridized carbons (Fsp3) is 0.800. The van der Waals surface area contributed by atoms with Gasteiger partial charge in [-0.2, -0.15) is 0 Å². The van der Waals surface area contributed by atoms with Crippen LogP contribution in [0.1, 0.15) is 26.2 Å². The highest BCUT2D eigenvalue weighted by Crippen LogP contribution is 2.43. The van der Waals surface area contributed by atoms with Crippen molar-refractivity contribution in [1.82, 2.24) is 0 Å². The average molecular weight is 332 g/mol. The first-order valence-corrected chi connectivity index (χ1v) is 7.74. The summed E-state index contributed by atoms with van der Waals surface area (Å²) in [5, 5.41) is 38.6. The Morgan fingerprint density at radius 3 is 2.57 bits per heavy atom. The minimum absolute atomic E-state index is 0.219. The van der Waals surface area contributed by atoms with Gasteiger partial charge in [0, 0.05) is 12.0 Å². The highest BCUT2D eigenvalue weighted by molar-refractivity contribution is 5.88. The summed E-state index contributed by atoms with van der Waals surface area (Å²) in [7, 11) is 0. The maximum Gasteiger partial charge on any atom is 0.333 e. The number of carbonyl (C=O) groups is 1. The van der Waals surface area contributed by atoms with E-state index >= 15 is 0 Å². The SMILES string of the molecule is CCOC(=O)C1=CC2(CCC1)OCC([C@H](O)CO)([C@H](O)CO)O2. The lowest BCUT2D eigenvalue weighted by Crippen LogP contribution is -2.58. The molecule has 1 saturated heterocycles. The van der Waals surface area contributed by atoms with Crippen molar-refractivity contribution in [1.29, 1.82) is 0 Å². The van der Waals surface area contributed by atoms with Gasteiger partial charge in [0.15, 0.2) is 11.4 Å². The standard InChI is InChI=1S/C15H24O8/c1-2-21-13(20)10-4-3-5-14(6-10)22-9-15(23-14,11(18)7-16)12(19)8-17/h6,11-12,16-19H,2-5,7-9H2,1H3/t11-,12-,14?/m1/s1. The Labute approximate surface area is 134 Å². The lowest BCUT2D eigenvalue weighted by atomic mass is 9.90. The summed E-state index contributed by atoms with van der Waals surface area (Å²) in [5.74, 6) is -1.74. The summed E-state index contributed by atoms with van der Waals surface area (Å²) in [6, 6.07) is 0. The third kappa shape index (κ3) is 3.42. The molecule has 1 aliphatic heterocycles. The summed E-state index contributed by atoms with van der Waals surface area (Å²) in [6.07, 6.45) is 0.172. The second-order valence-electron chi connectivity index (χ2n) is 5.80. The molecule has 0 radical (unpaired) electrons. The van der Waals surface area contributed by atoms with Crippen LogP contribution in [-0.2, 0) is 19.0 Å². The zero-order valence-electron chi connectivity index (χ0n) is 13.1. The number of esters is 1. The quantitative estimate of drug-likeness (QED) is 0.449. The second-order valence-corrected chi connectivity index (χ2v) is 5.80. The Kier molecular flexibility index (Phi) is 5.77. The molecule has 0 aromatic carbocycles. The topological polar surface area (TPSA) is 126 Å². The predicted molar refractivity (Wildman–Crippen MR) is 77.3 cm³/mol. The van der Waals surface area contributed by atoms with Crippen LogP contribution in [0.5, 0.6) is 0 Å². The molecule has 132 valence electrons. The number of aliphatic hydroxyl groups excluding tert-OH is 4. The fourth-order valence-corrected chi connectivity index (χ4v) is 2.99. The summed E-state index contributed by atoms with van der Waals surface area (Å²) >= 11 is 0. The third-order valence-electron chi connectivity index (χ3n) is 4.28. The van der Waals surface area contributed by atoms with Crippen LogP contribution < -0.4 is 0 Å². The van der Waals surface area contributed by atoms with Gasteiger partial charge in [-0.3, -0.25) is 0 Å². The van der Waals surface area contributed by atoms with E-state index in [1.165, 1.54) is 6.08 Å². The molecule has 1 aliphatic carbocycles. The van der Waals surface area contributed by atoms with Gasteiger partial charge in [0.1, 0.15) is 12.2 Å². The van der Waals surface area contributed by atoms with Crippen molar-refractivity contribution in [2.24, 2.45) is 0 Å². The Morgan fingerprint density at radius 2 is 2.00 bits per heavy atom. The minimum Gasteiger partial charge on any atom is -0.463 e. The molecule has 23 heavy (non-hydrogen) atoms. The molecule has 4 N–H and O–H groups in total. The molecule has 0 bridgehead atoms. The molecule has 0 aromatic rings. The van der Waals surface area contributed by atoms with Crippen LogP contribution >= 0.6 is 0 Å². The first-order chi connectivity index (χ1) is 10.9. The van der Waals surface area contributed by atoms with Crippen molar-refractivity contribution >= 4 is 5.97 Å². The van der Waals surface area contributed by atoms with Crippen LogP contribution in [0.3, 0.4) is 0 Å². The van der Waals surface area contributed by atoms with Crippen molar-refractivity contribution in [3.05, 3.63) is 11.6 Å². The van der Waals surface area contributed by atoms with Gasteiger partial charge in [0.2, 0.25) is 0 Å². The highest BCUT2D eigenvalue weighted by Gasteiger charge is 2.57. The molecule has 3 atom stereocenters. The van der Waals surface area contributed by atoms with E-state index in [0.717, 1.165) is 0 Å². The second kappa shape index (κ2) is 7.25. The summed E-state index contributed by atoms with van der Waals surface area (Å²) in [5.41, 5.74) is -1.25. The summed E-state index contributed by atoms with van der Waals surface area (Å²) < 4.78 is 16.4. The zero-order valence-corrected chi connectivity index (χ0v) is 13.1. The van der Waals surface area contributed by atoms with E-state index in [4.69, 9.17) is 14.2 Å². The zero-order chi connectivity index (χ0) is 17.1. The van der Waals surface area contributed by atoms with Gasteiger partial charge >= 0.3 is 5.97 Å². The van der Waals surface area contributed by atoms with Crippen LogP contribution in [0.4, 0.5) is 0 Å². The van der Waals surface area contributed by atoms with Crippen molar-refractivity contribution in [3.63, 3.8) is 0 Å². The Balaban J connectivity index is 2.27. The van der Waals surface area contributed by atoms with Gasteiger partial charge in [-0.25, -0.2) is 4.79 Å². The Bertz CT molecular complexity index is 452. The first kappa shape index (κ1) is 18.3. The van der Waals surface area contributed by atoms with Crippen LogP contribution in [0.25, 0.3) is 0 Å². The lowest BCUT2D eigenvalue weighted by Gasteiger charge is -2.37. The van der Waals surface area contributed by atoms with E-state index in [-0.39, 0.29) is 13.2 Å². The summed E-state index contributed by atoms with van der Waals surface area (Å²) in [6.45, 7) is 0.417. The molecule has 1 unspecified atom stereocenters. The molecule has 0 amide bonds. The van der Waals surface area contributed by atoms with Gasteiger partial charge in [0.25, 0.3) is 0 Å². The molecular weight excluding hydrogens is 308 g/mol. The number of ether oxygens (including phenoxy) is 3. The van der Waals surface area contributed by atoms with E-state index in [9.17, 15) is 25.2 Å². The number of hydrogen-bond acceptors (Lipinski definition) is 8. The summed E-state index contributed by atoms with van der Waals surface area (Å²) in [4.78, 5) is 11.9. The van der Waals surface area contributed by atoms with Gasteiger partial charge in [0.05, 0.1) is 26.4 Å². The van der Waals surface area contributed by atoms with Crippen molar-refractivity contribution in [3.8, 4) is 0 Å². The molecule has 1 heterocycles. The molecule has 1 fully saturated rings. The van der Waals surface area contributed by atoms with E-state index in [1.807, 2.05) is 0 Å². The molecule has 8 heteroatoms. The normalized spacial score (nSPS) is 29.2. The maximum atomic E-state index is 11.9. The maximum absolute atomic E-state index is 11.9. The van der Waals surface area contributed by atoms with Crippen molar-refractivity contribution in [2.45, 2.75) is 49.8 Å². The van der Waals surface area contributed by atoms with Crippen LogP contribution in [-0.4, -0.2) is 76.4 Å². The van der Waals surface area contributed by atoms with E-state index < -0.39 is 42.8 Å². The number of rotatable bonds is 6. The largest absolute Gasteiger partial charge is 0.463 e. The average Bonchev–Trinajstić information content (AvgIpc) is 2.93. The molecule has 0 saturated carbocycles. The fourth-order valence-electron chi connectivity index (χ4n) is 2.99. The smallest absolute Gasteiger partial charge is 0.333 e. The minimum atomic E-state index is -1.66. The van der Waals surface area contributed by atoms with Crippen molar-refractivity contribution in [2.75, 3.05) is 26.4 Å². The molecular formula is C15H24O8. The Morgan fingerprint density at radius 1 is 1.35 bits per heavy atom. The van der Waals surface area contributed by atoms with E-state index in [2.05, 4.69) is 0 Å². The number of carbonyl (C=O) groups excluding carboxylic acids is 1. The van der Waals surface area contributed by atoms with Crippen molar-refractivity contribution < 1.29 is 39.4 Å². The molecule has 2 aliphatic rings. The Hall–Kier alpha value is -1.03. The van der Waals surface area contributed by atoms with Crippen LogP contribution in [0.2, 0.25) is 0 Å². The van der Waals surface area contributed by atoms with Crippen LogP contribution in [0, 0.1) is 0 Å². The van der Waals surface area contributed by atoms with E-state index in [0.29, 0.717) is 24.8 Å². The van der Waals surface area contributed by atoms with Gasteiger partial charge in [-0.15, -0.1) is 0 Å². The number of aliphatic hydroxyl groups is 4. The molecule has 1 spiro atoms. The van der Waals surface area contributed by atoms with Gasteiger partial charge in [-0.1, -0.05) is 0 Å². The molecule has 0 aromatic heterocycles. The predicted octanol–water partition coefficient (Wildman–Crippen LogP) is -1.15. The molecule has 2 rings (SSSR count). The van der Waals surface area contributed by atoms with Crippen LogP contribution in [0.15, 0.2) is 11.6 Å². The highest BCUT2D eigenvalue weighted by atomic mass is 16.8.